The molecule has 0 saturated carbocycles. The highest BCUT2D eigenvalue weighted by Gasteiger charge is 2.17. The topological polar surface area (TPSA) is 15.3 Å². The molecule has 1 aliphatic rings. The number of piperidine rings is 1. The van der Waals surface area contributed by atoms with Crippen LogP contribution in [0.1, 0.15) is 44.2 Å². The Morgan fingerprint density at radius 2 is 2.11 bits per heavy atom. The molecule has 2 nitrogen and oxygen atoms in total. The fraction of sp³-hybridized carbons (Fsp3) is 0.625. The Balaban J connectivity index is 1.95. The molecule has 1 aliphatic heterocycles. The number of benzene rings is 1. The van der Waals surface area contributed by atoms with E-state index in [4.69, 9.17) is 0 Å². The summed E-state index contributed by atoms with van der Waals surface area (Å²) in [6.07, 6.45) is 4.12. The van der Waals surface area contributed by atoms with Gasteiger partial charge in [0.05, 0.1) is 0 Å². The standard InChI is InChI=1S/C16H26N2/c1-3-17-12-15-8-6-9-16(11-15)13-18-10-5-4-7-14(18)2/h6,8-9,11,14,17H,3-5,7,10,12-13H2,1-2H3. The van der Waals surface area contributed by atoms with Crippen molar-refractivity contribution in [2.45, 2.75) is 52.2 Å². The lowest BCUT2D eigenvalue weighted by Crippen LogP contribution is -2.36. The highest BCUT2D eigenvalue weighted by atomic mass is 15.2. The van der Waals surface area contributed by atoms with Crippen LogP contribution >= 0.6 is 0 Å². The smallest absolute Gasteiger partial charge is 0.0236 e. The molecule has 0 aliphatic carbocycles. The van der Waals surface area contributed by atoms with Crippen LogP contribution in [0.4, 0.5) is 0 Å². The first-order valence-corrected chi connectivity index (χ1v) is 7.32. The molecule has 0 bridgehead atoms. The SMILES string of the molecule is CCNCc1cccc(CN2CCCCC2C)c1. The molecular formula is C16H26N2. The summed E-state index contributed by atoms with van der Waals surface area (Å²) in [6.45, 7) is 8.91. The molecule has 1 saturated heterocycles. The number of hydrogen-bond donors (Lipinski definition) is 1. The number of rotatable bonds is 5. The Hall–Kier alpha value is -0.860. The molecule has 1 aromatic rings. The molecule has 1 fully saturated rings. The normalized spacial score (nSPS) is 21.1. The summed E-state index contributed by atoms with van der Waals surface area (Å²) in [6, 6.07) is 9.76. The van der Waals surface area contributed by atoms with Crippen LogP contribution in [0.2, 0.25) is 0 Å². The average molecular weight is 246 g/mol. The van der Waals surface area contributed by atoms with Crippen molar-refractivity contribution in [3.8, 4) is 0 Å². The van der Waals surface area contributed by atoms with Crippen molar-refractivity contribution in [2.75, 3.05) is 13.1 Å². The summed E-state index contributed by atoms with van der Waals surface area (Å²) < 4.78 is 0. The third-order valence-electron chi connectivity index (χ3n) is 3.90. The van der Waals surface area contributed by atoms with Crippen LogP contribution in [0.5, 0.6) is 0 Å². The lowest BCUT2D eigenvalue weighted by atomic mass is 10.0. The fourth-order valence-electron chi connectivity index (χ4n) is 2.73. The predicted octanol–water partition coefficient (Wildman–Crippen LogP) is 3.17. The first kappa shape index (κ1) is 13.6. The summed E-state index contributed by atoms with van der Waals surface area (Å²) in [5, 5.41) is 3.39. The zero-order valence-corrected chi connectivity index (χ0v) is 11.8. The lowest BCUT2D eigenvalue weighted by Gasteiger charge is -2.33. The molecule has 0 radical (unpaired) electrons. The second-order valence-corrected chi connectivity index (χ2v) is 5.42. The Bertz CT molecular complexity index is 362. The van der Waals surface area contributed by atoms with Gasteiger partial charge in [-0.05, 0) is 44.0 Å². The zero-order chi connectivity index (χ0) is 12.8. The van der Waals surface area contributed by atoms with Crippen molar-refractivity contribution in [3.05, 3.63) is 35.4 Å². The summed E-state index contributed by atoms with van der Waals surface area (Å²) in [5.74, 6) is 0. The molecule has 1 N–H and O–H groups in total. The second-order valence-electron chi connectivity index (χ2n) is 5.42. The van der Waals surface area contributed by atoms with Gasteiger partial charge in [0.15, 0.2) is 0 Å². The maximum absolute atomic E-state index is 3.39. The van der Waals surface area contributed by atoms with E-state index >= 15 is 0 Å². The molecule has 1 heterocycles. The van der Waals surface area contributed by atoms with Crippen LogP contribution < -0.4 is 5.32 Å². The van der Waals surface area contributed by atoms with Crippen LogP contribution in [0.15, 0.2) is 24.3 Å². The highest BCUT2D eigenvalue weighted by Crippen LogP contribution is 2.19. The van der Waals surface area contributed by atoms with Gasteiger partial charge in [-0.15, -0.1) is 0 Å². The van der Waals surface area contributed by atoms with E-state index in [-0.39, 0.29) is 0 Å². The Morgan fingerprint density at radius 1 is 1.28 bits per heavy atom. The van der Waals surface area contributed by atoms with Gasteiger partial charge in [0.2, 0.25) is 0 Å². The van der Waals surface area contributed by atoms with Crippen molar-refractivity contribution in [2.24, 2.45) is 0 Å². The van der Waals surface area contributed by atoms with Crippen LogP contribution in [0.3, 0.4) is 0 Å². The van der Waals surface area contributed by atoms with Crippen molar-refractivity contribution in [1.82, 2.24) is 10.2 Å². The van der Waals surface area contributed by atoms with E-state index in [2.05, 4.69) is 48.3 Å². The van der Waals surface area contributed by atoms with Crippen LogP contribution in [0, 0.1) is 0 Å². The number of nitrogens with zero attached hydrogens (tertiary/aromatic N) is 1. The van der Waals surface area contributed by atoms with Crippen molar-refractivity contribution in [1.29, 1.82) is 0 Å². The van der Waals surface area contributed by atoms with Gasteiger partial charge in [-0.25, -0.2) is 0 Å². The number of nitrogens with one attached hydrogen (secondary N) is 1. The van der Waals surface area contributed by atoms with Gasteiger partial charge in [0.1, 0.15) is 0 Å². The maximum Gasteiger partial charge on any atom is 0.0236 e. The van der Waals surface area contributed by atoms with Gasteiger partial charge in [-0.3, -0.25) is 4.90 Å². The van der Waals surface area contributed by atoms with Gasteiger partial charge in [0, 0.05) is 19.1 Å². The zero-order valence-electron chi connectivity index (χ0n) is 11.8. The lowest BCUT2D eigenvalue weighted by molar-refractivity contribution is 0.152. The number of hydrogen-bond acceptors (Lipinski definition) is 2. The van der Waals surface area contributed by atoms with Crippen LogP contribution in [0.25, 0.3) is 0 Å². The molecule has 1 aromatic carbocycles. The van der Waals surface area contributed by atoms with E-state index < -0.39 is 0 Å². The summed E-state index contributed by atoms with van der Waals surface area (Å²) >= 11 is 0. The van der Waals surface area contributed by atoms with E-state index in [1.807, 2.05) is 0 Å². The molecule has 100 valence electrons. The van der Waals surface area contributed by atoms with Gasteiger partial charge in [-0.2, -0.15) is 0 Å². The Morgan fingerprint density at radius 3 is 2.89 bits per heavy atom. The van der Waals surface area contributed by atoms with Gasteiger partial charge in [-0.1, -0.05) is 37.6 Å². The molecule has 0 amide bonds. The largest absolute Gasteiger partial charge is 0.313 e. The first-order chi connectivity index (χ1) is 8.79. The molecule has 0 aromatic heterocycles. The molecule has 18 heavy (non-hydrogen) atoms. The molecule has 0 spiro atoms. The van der Waals surface area contributed by atoms with E-state index in [9.17, 15) is 0 Å². The van der Waals surface area contributed by atoms with Crippen LogP contribution in [-0.4, -0.2) is 24.0 Å². The molecule has 2 rings (SSSR count). The molecular weight excluding hydrogens is 220 g/mol. The summed E-state index contributed by atoms with van der Waals surface area (Å²) in [5.41, 5.74) is 2.86. The minimum atomic E-state index is 0.746. The monoisotopic (exact) mass is 246 g/mol. The van der Waals surface area contributed by atoms with E-state index in [1.54, 1.807) is 0 Å². The Kier molecular flexibility index (Phi) is 5.21. The third-order valence-corrected chi connectivity index (χ3v) is 3.90. The van der Waals surface area contributed by atoms with E-state index in [0.717, 1.165) is 25.7 Å². The van der Waals surface area contributed by atoms with E-state index in [1.165, 1.54) is 36.9 Å². The molecule has 1 atom stereocenters. The van der Waals surface area contributed by atoms with E-state index in [0.29, 0.717) is 0 Å². The second kappa shape index (κ2) is 6.91. The van der Waals surface area contributed by atoms with Gasteiger partial charge in [0.25, 0.3) is 0 Å². The first-order valence-electron chi connectivity index (χ1n) is 7.32. The van der Waals surface area contributed by atoms with Gasteiger partial charge < -0.3 is 5.32 Å². The minimum Gasteiger partial charge on any atom is -0.313 e. The average Bonchev–Trinajstić information content (AvgIpc) is 2.40. The molecule has 1 unspecified atom stereocenters. The summed E-state index contributed by atoms with van der Waals surface area (Å²) in [4.78, 5) is 2.62. The van der Waals surface area contributed by atoms with Crippen molar-refractivity contribution < 1.29 is 0 Å². The minimum absolute atomic E-state index is 0.746. The van der Waals surface area contributed by atoms with Crippen molar-refractivity contribution >= 4 is 0 Å². The van der Waals surface area contributed by atoms with Gasteiger partial charge >= 0.3 is 0 Å². The fourth-order valence-corrected chi connectivity index (χ4v) is 2.73. The number of likely N-dealkylation sites (tertiary alicyclic amines) is 1. The maximum atomic E-state index is 3.39. The predicted molar refractivity (Wildman–Crippen MR) is 77.5 cm³/mol. The van der Waals surface area contributed by atoms with Crippen LogP contribution in [-0.2, 0) is 13.1 Å². The Labute approximate surface area is 111 Å². The van der Waals surface area contributed by atoms with Crippen molar-refractivity contribution in [3.63, 3.8) is 0 Å². The molecule has 2 heteroatoms. The highest BCUT2D eigenvalue weighted by molar-refractivity contribution is 5.23. The quantitative estimate of drug-likeness (QED) is 0.858. The third kappa shape index (κ3) is 3.82. The summed E-state index contributed by atoms with van der Waals surface area (Å²) in [7, 11) is 0.